The fraction of sp³-hybridized carbons (Fsp3) is 0.250. The highest BCUT2D eigenvalue weighted by atomic mass is 35.5. The number of halogens is 1. The zero-order valence-corrected chi connectivity index (χ0v) is 12.9. The molecule has 5 heteroatoms. The number of amides is 1. The summed E-state index contributed by atoms with van der Waals surface area (Å²) in [4.78, 5) is 18.1. The maximum atomic E-state index is 12.1. The van der Waals surface area contributed by atoms with Gasteiger partial charge in [0.15, 0.2) is 0 Å². The lowest BCUT2D eigenvalue weighted by Crippen LogP contribution is -2.24. The Morgan fingerprint density at radius 3 is 2.57 bits per heavy atom. The Bertz CT molecular complexity index is 628. The van der Waals surface area contributed by atoms with Gasteiger partial charge in [-0.3, -0.25) is 4.79 Å². The van der Waals surface area contributed by atoms with Crippen LogP contribution in [-0.4, -0.2) is 29.9 Å². The average molecular weight is 304 g/mol. The molecular formula is C16H18ClN3O. The van der Waals surface area contributed by atoms with E-state index in [9.17, 15) is 4.79 Å². The van der Waals surface area contributed by atoms with Crippen LogP contribution < -0.4 is 5.32 Å². The summed E-state index contributed by atoms with van der Waals surface area (Å²) in [5.74, 6) is -0.215. The van der Waals surface area contributed by atoms with Gasteiger partial charge in [0.25, 0.3) is 5.91 Å². The molecule has 0 aliphatic heterocycles. The predicted octanol–water partition coefficient (Wildman–Crippen LogP) is 2.73. The van der Waals surface area contributed by atoms with Crippen molar-refractivity contribution in [1.29, 1.82) is 0 Å². The maximum absolute atomic E-state index is 12.1. The molecule has 0 unspecified atom stereocenters. The molecule has 0 fully saturated rings. The fourth-order valence-electron chi connectivity index (χ4n) is 2.05. The molecule has 1 aromatic heterocycles. The molecule has 0 aliphatic rings. The van der Waals surface area contributed by atoms with Crippen molar-refractivity contribution < 1.29 is 4.79 Å². The van der Waals surface area contributed by atoms with E-state index in [1.165, 1.54) is 5.56 Å². The minimum Gasteiger partial charge on any atom is -0.348 e. The van der Waals surface area contributed by atoms with Crippen LogP contribution in [0.5, 0.6) is 0 Å². The lowest BCUT2D eigenvalue weighted by molar-refractivity contribution is 0.0950. The molecule has 0 saturated heterocycles. The fourth-order valence-corrected chi connectivity index (χ4v) is 2.26. The third kappa shape index (κ3) is 4.28. The monoisotopic (exact) mass is 303 g/mol. The zero-order chi connectivity index (χ0) is 15.2. The van der Waals surface area contributed by atoms with Gasteiger partial charge in [-0.05, 0) is 37.4 Å². The lowest BCUT2D eigenvalue weighted by atomic mass is 10.1. The van der Waals surface area contributed by atoms with Gasteiger partial charge in [-0.1, -0.05) is 35.9 Å². The molecule has 0 radical (unpaired) electrons. The Morgan fingerprint density at radius 1 is 1.19 bits per heavy atom. The molecule has 1 amide bonds. The summed E-state index contributed by atoms with van der Waals surface area (Å²) >= 11 is 5.92. The van der Waals surface area contributed by atoms with Gasteiger partial charge in [0.2, 0.25) is 0 Å². The van der Waals surface area contributed by atoms with Gasteiger partial charge in [0.1, 0.15) is 5.15 Å². The minimum atomic E-state index is -0.215. The topological polar surface area (TPSA) is 45.2 Å². The highest BCUT2D eigenvalue weighted by Crippen LogP contribution is 2.13. The normalized spacial score (nSPS) is 10.7. The highest BCUT2D eigenvalue weighted by molar-refractivity contribution is 6.32. The number of carbonyl (C=O) groups is 1. The van der Waals surface area contributed by atoms with Crippen LogP contribution in [-0.2, 0) is 13.1 Å². The molecule has 110 valence electrons. The van der Waals surface area contributed by atoms with E-state index in [1.54, 1.807) is 18.3 Å². The first-order valence-corrected chi connectivity index (χ1v) is 7.06. The number of pyridine rings is 1. The largest absolute Gasteiger partial charge is 0.348 e. The van der Waals surface area contributed by atoms with Crippen LogP contribution in [0.1, 0.15) is 21.5 Å². The van der Waals surface area contributed by atoms with Crippen molar-refractivity contribution in [3.05, 3.63) is 64.4 Å². The Morgan fingerprint density at radius 2 is 1.90 bits per heavy atom. The third-order valence-corrected chi connectivity index (χ3v) is 3.35. The van der Waals surface area contributed by atoms with Gasteiger partial charge in [-0.2, -0.15) is 0 Å². The second kappa shape index (κ2) is 7.20. The zero-order valence-electron chi connectivity index (χ0n) is 12.1. The van der Waals surface area contributed by atoms with Crippen LogP contribution in [0.15, 0.2) is 42.6 Å². The second-order valence-electron chi connectivity index (χ2n) is 5.03. The van der Waals surface area contributed by atoms with E-state index in [0.29, 0.717) is 12.1 Å². The number of rotatable bonds is 5. The minimum absolute atomic E-state index is 0.215. The highest BCUT2D eigenvalue weighted by Gasteiger charge is 2.11. The third-order valence-electron chi connectivity index (χ3n) is 3.05. The van der Waals surface area contributed by atoms with Crippen LogP contribution in [0, 0.1) is 0 Å². The van der Waals surface area contributed by atoms with Crippen LogP contribution in [0.4, 0.5) is 0 Å². The summed E-state index contributed by atoms with van der Waals surface area (Å²) in [6.45, 7) is 1.30. The van der Waals surface area contributed by atoms with Gasteiger partial charge < -0.3 is 10.2 Å². The number of benzene rings is 1. The Hall–Kier alpha value is -1.91. The molecule has 4 nitrogen and oxygen atoms in total. The smallest absolute Gasteiger partial charge is 0.254 e. The van der Waals surface area contributed by atoms with Crippen molar-refractivity contribution in [2.24, 2.45) is 0 Å². The molecule has 1 aromatic carbocycles. The summed E-state index contributed by atoms with van der Waals surface area (Å²) < 4.78 is 0. The molecule has 0 saturated carbocycles. The van der Waals surface area contributed by atoms with Crippen molar-refractivity contribution in [2.45, 2.75) is 13.1 Å². The first-order chi connectivity index (χ1) is 10.1. The van der Waals surface area contributed by atoms with Gasteiger partial charge in [-0.25, -0.2) is 4.98 Å². The molecule has 1 heterocycles. The van der Waals surface area contributed by atoms with Gasteiger partial charge in [-0.15, -0.1) is 0 Å². The standard InChI is InChI=1S/C16H18ClN3O/c1-20(2)11-13-7-4-3-6-12(13)10-19-16(21)14-8-5-9-18-15(14)17/h3-9H,10-11H2,1-2H3,(H,19,21). The molecule has 0 bridgehead atoms. The van der Waals surface area contributed by atoms with Crippen molar-refractivity contribution in [3.8, 4) is 0 Å². The molecule has 0 aliphatic carbocycles. The van der Waals surface area contributed by atoms with E-state index in [2.05, 4.69) is 21.3 Å². The van der Waals surface area contributed by atoms with E-state index >= 15 is 0 Å². The summed E-state index contributed by atoms with van der Waals surface area (Å²) in [5.41, 5.74) is 2.68. The number of hydrogen-bond acceptors (Lipinski definition) is 3. The molecule has 2 aromatic rings. The molecule has 21 heavy (non-hydrogen) atoms. The Kier molecular flexibility index (Phi) is 5.31. The molecular weight excluding hydrogens is 286 g/mol. The maximum Gasteiger partial charge on any atom is 0.254 e. The summed E-state index contributed by atoms with van der Waals surface area (Å²) in [7, 11) is 4.04. The molecule has 0 atom stereocenters. The predicted molar refractivity (Wildman–Crippen MR) is 84.3 cm³/mol. The van der Waals surface area contributed by atoms with Crippen molar-refractivity contribution >= 4 is 17.5 Å². The first-order valence-electron chi connectivity index (χ1n) is 6.68. The van der Waals surface area contributed by atoms with Gasteiger partial charge in [0, 0.05) is 19.3 Å². The second-order valence-corrected chi connectivity index (χ2v) is 5.39. The van der Waals surface area contributed by atoms with Crippen molar-refractivity contribution in [1.82, 2.24) is 15.2 Å². The summed E-state index contributed by atoms with van der Waals surface area (Å²) in [6.07, 6.45) is 1.56. The van der Waals surface area contributed by atoms with Gasteiger partial charge >= 0.3 is 0 Å². The number of nitrogens with one attached hydrogen (secondary N) is 1. The number of carbonyl (C=O) groups excluding carboxylic acids is 1. The summed E-state index contributed by atoms with van der Waals surface area (Å²) in [6, 6.07) is 11.4. The van der Waals surface area contributed by atoms with Crippen molar-refractivity contribution in [2.75, 3.05) is 14.1 Å². The first kappa shape index (κ1) is 15.5. The van der Waals surface area contributed by atoms with E-state index in [0.717, 1.165) is 12.1 Å². The molecule has 0 spiro atoms. The van der Waals surface area contributed by atoms with Crippen LogP contribution >= 0.6 is 11.6 Å². The SMILES string of the molecule is CN(C)Cc1ccccc1CNC(=O)c1cccnc1Cl. The average Bonchev–Trinajstić information content (AvgIpc) is 2.46. The van der Waals surface area contributed by atoms with Crippen molar-refractivity contribution in [3.63, 3.8) is 0 Å². The number of hydrogen-bond donors (Lipinski definition) is 1. The van der Waals surface area contributed by atoms with E-state index < -0.39 is 0 Å². The number of nitrogens with zero attached hydrogens (tertiary/aromatic N) is 2. The summed E-state index contributed by atoms with van der Waals surface area (Å²) in [5, 5.41) is 3.11. The van der Waals surface area contributed by atoms with E-state index in [4.69, 9.17) is 11.6 Å². The quantitative estimate of drug-likeness (QED) is 0.864. The van der Waals surface area contributed by atoms with Crippen LogP contribution in [0.2, 0.25) is 5.15 Å². The lowest BCUT2D eigenvalue weighted by Gasteiger charge is -2.14. The Balaban J connectivity index is 2.07. The van der Waals surface area contributed by atoms with E-state index in [1.807, 2.05) is 32.3 Å². The molecule has 1 N–H and O–H groups in total. The van der Waals surface area contributed by atoms with Gasteiger partial charge in [0.05, 0.1) is 5.56 Å². The number of aromatic nitrogens is 1. The van der Waals surface area contributed by atoms with E-state index in [-0.39, 0.29) is 11.1 Å². The Labute approximate surface area is 129 Å². The van der Waals surface area contributed by atoms with Crippen LogP contribution in [0.3, 0.4) is 0 Å². The molecule has 2 rings (SSSR count). The van der Waals surface area contributed by atoms with Crippen LogP contribution in [0.25, 0.3) is 0 Å².